The molecule has 3 aromatic carbocycles. The van der Waals surface area contributed by atoms with Gasteiger partial charge in [-0.25, -0.2) is 4.98 Å². The molecule has 0 spiro atoms. The molecule has 160 valence electrons. The topological polar surface area (TPSA) is 64.0 Å². The summed E-state index contributed by atoms with van der Waals surface area (Å²) in [4.78, 5) is 30.4. The van der Waals surface area contributed by atoms with Gasteiger partial charge in [0.1, 0.15) is 0 Å². The first-order valence-corrected chi connectivity index (χ1v) is 11.2. The van der Waals surface area contributed by atoms with Crippen LogP contribution in [0.2, 0.25) is 0 Å². The lowest BCUT2D eigenvalue weighted by atomic mass is 10.1. The number of hydrogen-bond acceptors (Lipinski definition) is 4. The molecular formula is C26H23N3O2S. The molecule has 4 rings (SSSR count). The molecule has 0 bridgehead atoms. The number of benzene rings is 3. The van der Waals surface area contributed by atoms with Gasteiger partial charge in [-0.2, -0.15) is 0 Å². The Hall–Kier alpha value is -3.64. The van der Waals surface area contributed by atoms with Crippen molar-refractivity contribution >= 4 is 29.3 Å². The van der Waals surface area contributed by atoms with E-state index in [-0.39, 0.29) is 17.6 Å². The molecule has 0 atom stereocenters. The normalized spacial score (nSPS) is 10.7. The second-order valence-corrected chi connectivity index (χ2v) is 8.40. The van der Waals surface area contributed by atoms with E-state index in [2.05, 4.69) is 10.3 Å². The van der Waals surface area contributed by atoms with Gasteiger partial charge >= 0.3 is 0 Å². The smallest absolute Gasteiger partial charge is 0.264 e. The molecule has 1 N–H and O–H groups in total. The van der Waals surface area contributed by atoms with Gasteiger partial charge in [-0.15, -0.1) is 0 Å². The summed E-state index contributed by atoms with van der Waals surface area (Å²) in [5, 5.41) is 3.42. The van der Waals surface area contributed by atoms with Crippen LogP contribution in [0.4, 0.5) is 5.69 Å². The fourth-order valence-electron chi connectivity index (χ4n) is 3.43. The first kappa shape index (κ1) is 21.6. The molecule has 0 aliphatic heterocycles. The maximum absolute atomic E-state index is 13.3. The van der Waals surface area contributed by atoms with Gasteiger partial charge < -0.3 is 5.32 Å². The monoisotopic (exact) mass is 441 g/mol. The van der Waals surface area contributed by atoms with Crippen LogP contribution >= 0.6 is 11.8 Å². The number of aromatic nitrogens is 2. The number of carbonyl (C=O) groups excluding carboxylic acids is 2. The molecule has 0 radical (unpaired) electrons. The molecule has 6 heteroatoms. The average molecular weight is 442 g/mol. The molecule has 1 heterocycles. The summed E-state index contributed by atoms with van der Waals surface area (Å²) in [6.07, 6.45) is 1.68. The fourth-order valence-corrected chi connectivity index (χ4v) is 4.20. The summed E-state index contributed by atoms with van der Waals surface area (Å²) >= 11 is 1.24. The van der Waals surface area contributed by atoms with Crippen molar-refractivity contribution in [3.63, 3.8) is 0 Å². The van der Waals surface area contributed by atoms with E-state index < -0.39 is 0 Å². The summed E-state index contributed by atoms with van der Waals surface area (Å²) < 4.78 is 1.58. The lowest BCUT2D eigenvalue weighted by Gasteiger charge is -2.12. The van der Waals surface area contributed by atoms with E-state index in [1.165, 1.54) is 11.8 Å². The molecule has 4 aromatic rings. The predicted molar refractivity (Wildman–Crippen MR) is 129 cm³/mol. The minimum atomic E-state index is -0.181. The minimum absolute atomic E-state index is 0.140. The van der Waals surface area contributed by atoms with Gasteiger partial charge in [0.15, 0.2) is 5.16 Å². The van der Waals surface area contributed by atoms with Gasteiger partial charge in [0.2, 0.25) is 5.91 Å². The third-order valence-corrected chi connectivity index (χ3v) is 5.96. The minimum Gasteiger partial charge on any atom is -0.325 e. The largest absolute Gasteiger partial charge is 0.325 e. The van der Waals surface area contributed by atoms with E-state index in [9.17, 15) is 9.59 Å². The Labute approximate surface area is 191 Å². The second-order valence-electron chi connectivity index (χ2n) is 7.45. The average Bonchev–Trinajstić information content (AvgIpc) is 3.24. The standard InChI is InChI=1S/C26H23N3O2S/c1-18-13-14-22(19(2)15-18)28-24(30)17-32-26-27-16-23(20-9-5-3-6-10-20)29(26)25(31)21-11-7-4-8-12-21/h3-16H,17H2,1-2H3,(H,28,30). The highest BCUT2D eigenvalue weighted by molar-refractivity contribution is 7.99. The van der Waals surface area contributed by atoms with Crippen LogP contribution in [0.3, 0.4) is 0 Å². The van der Waals surface area contributed by atoms with E-state index in [1.807, 2.05) is 80.6 Å². The van der Waals surface area contributed by atoms with Crippen molar-refractivity contribution in [1.82, 2.24) is 9.55 Å². The molecular weight excluding hydrogens is 418 g/mol. The highest BCUT2D eigenvalue weighted by Crippen LogP contribution is 2.27. The van der Waals surface area contributed by atoms with Crippen LogP contribution < -0.4 is 5.32 Å². The fraction of sp³-hybridized carbons (Fsp3) is 0.115. The Kier molecular flexibility index (Phi) is 6.52. The summed E-state index contributed by atoms with van der Waals surface area (Å²) in [6.45, 7) is 3.98. The number of imidazole rings is 1. The molecule has 0 aliphatic carbocycles. The number of rotatable bonds is 6. The van der Waals surface area contributed by atoms with Crippen LogP contribution in [0.25, 0.3) is 11.3 Å². The van der Waals surface area contributed by atoms with Crippen molar-refractivity contribution in [2.24, 2.45) is 0 Å². The van der Waals surface area contributed by atoms with Crippen LogP contribution in [-0.2, 0) is 4.79 Å². The molecule has 0 fully saturated rings. The number of nitrogens with one attached hydrogen (secondary N) is 1. The molecule has 0 saturated carbocycles. The molecule has 5 nitrogen and oxygen atoms in total. The Bertz CT molecular complexity index is 1250. The lowest BCUT2D eigenvalue weighted by Crippen LogP contribution is -2.17. The van der Waals surface area contributed by atoms with Crippen LogP contribution in [0.5, 0.6) is 0 Å². The van der Waals surface area contributed by atoms with Crippen molar-refractivity contribution in [2.75, 3.05) is 11.1 Å². The van der Waals surface area contributed by atoms with Crippen LogP contribution in [0, 0.1) is 13.8 Å². The van der Waals surface area contributed by atoms with E-state index in [0.717, 1.165) is 22.4 Å². The summed E-state index contributed by atoms with van der Waals surface area (Å²) in [5.74, 6) is -0.190. The first-order valence-electron chi connectivity index (χ1n) is 10.3. The maximum atomic E-state index is 13.3. The maximum Gasteiger partial charge on any atom is 0.264 e. The number of carbonyl (C=O) groups is 2. The van der Waals surface area contributed by atoms with E-state index in [1.54, 1.807) is 22.9 Å². The Morgan fingerprint density at radius 1 is 0.938 bits per heavy atom. The SMILES string of the molecule is Cc1ccc(NC(=O)CSc2ncc(-c3ccccc3)n2C(=O)c2ccccc2)c(C)c1. The number of nitrogens with zero attached hydrogens (tertiary/aromatic N) is 2. The van der Waals surface area contributed by atoms with E-state index in [0.29, 0.717) is 16.4 Å². The zero-order valence-electron chi connectivity index (χ0n) is 17.9. The van der Waals surface area contributed by atoms with Gasteiger partial charge in [0.25, 0.3) is 5.91 Å². The van der Waals surface area contributed by atoms with Crippen molar-refractivity contribution < 1.29 is 9.59 Å². The number of amides is 1. The highest BCUT2D eigenvalue weighted by Gasteiger charge is 2.20. The van der Waals surface area contributed by atoms with E-state index >= 15 is 0 Å². The number of thioether (sulfide) groups is 1. The highest BCUT2D eigenvalue weighted by atomic mass is 32.2. The van der Waals surface area contributed by atoms with Gasteiger partial charge in [0.05, 0.1) is 17.6 Å². The van der Waals surface area contributed by atoms with Crippen molar-refractivity contribution in [3.8, 4) is 11.3 Å². The summed E-state index contributed by atoms with van der Waals surface area (Å²) in [6, 6.07) is 24.6. The van der Waals surface area contributed by atoms with Crippen LogP contribution in [0.1, 0.15) is 21.5 Å². The van der Waals surface area contributed by atoms with Crippen molar-refractivity contribution in [2.45, 2.75) is 19.0 Å². The number of anilines is 1. The third-order valence-electron chi connectivity index (χ3n) is 5.01. The Morgan fingerprint density at radius 2 is 1.62 bits per heavy atom. The van der Waals surface area contributed by atoms with Crippen LogP contribution in [0.15, 0.2) is 90.2 Å². The van der Waals surface area contributed by atoms with Gasteiger partial charge in [-0.1, -0.05) is 78.0 Å². The molecule has 0 saturated heterocycles. The van der Waals surface area contributed by atoms with Gasteiger partial charge in [-0.05, 0) is 37.6 Å². The summed E-state index contributed by atoms with van der Waals surface area (Å²) in [7, 11) is 0. The predicted octanol–water partition coefficient (Wildman–Crippen LogP) is 5.59. The number of hydrogen-bond donors (Lipinski definition) is 1. The zero-order chi connectivity index (χ0) is 22.5. The molecule has 0 aliphatic rings. The van der Waals surface area contributed by atoms with Crippen LogP contribution in [-0.4, -0.2) is 27.1 Å². The van der Waals surface area contributed by atoms with E-state index in [4.69, 9.17) is 0 Å². The Morgan fingerprint density at radius 3 is 2.31 bits per heavy atom. The zero-order valence-corrected chi connectivity index (χ0v) is 18.7. The molecule has 32 heavy (non-hydrogen) atoms. The summed E-state index contributed by atoms with van der Waals surface area (Å²) in [5.41, 5.74) is 5.08. The first-order chi connectivity index (χ1) is 15.5. The van der Waals surface area contributed by atoms with Gasteiger partial charge in [-0.3, -0.25) is 14.2 Å². The van der Waals surface area contributed by atoms with Gasteiger partial charge in [0, 0.05) is 16.8 Å². The Balaban J connectivity index is 1.59. The lowest BCUT2D eigenvalue weighted by molar-refractivity contribution is -0.113. The molecule has 1 amide bonds. The van der Waals surface area contributed by atoms with Crippen molar-refractivity contribution in [1.29, 1.82) is 0 Å². The second kappa shape index (κ2) is 9.66. The number of aryl methyl sites for hydroxylation is 2. The van der Waals surface area contributed by atoms with Crippen molar-refractivity contribution in [3.05, 3.63) is 102 Å². The molecule has 1 aromatic heterocycles. The third kappa shape index (κ3) is 4.81. The quantitative estimate of drug-likeness (QED) is 0.396. The molecule has 0 unspecified atom stereocenters.